The van der Waals surface area contributed by atoms with Crippen LogP contribution in [-0.4, -0.2) is 24.0 Å². The van der Waals surface area contributed by atoms with Crippen molar-refractivity contribution in [3.05, 3.63) is 35.9 Å². The molecule has 2 rings (SSSR count). The molecule has 0 spiro atoms. The van der Waals surface area contributed by atoms with Crippen molar-refractivity contribution < 1.29 is 4.79 Å². The van der Waals surface area contributed by atoms with Crippen LogP contribution >= 0.6 is 0 Å². The second-order valence-electron chi connectivity index (χ2n) is 5.51. The molecule has 0 aliphatic carbocycles. The zero-order chi connectivity index (χ0) is 13.7. The molecule has 3 nitrogen and oxygen atoms in total. The van der Waals surface area contributed by atoms with E-state index in [0.717, 1.165) is 25.9 Å². The van der Waals surface area contributed by atoms with E-state index in [1.165, 1.54) is 12.0 Å². The second-order valence-corrected chi connectivity index (χ2v) is 5.51. The van der Waals surface area contributed by atoms with E-state index in [-0.39, 0.29) is 12.1 Å². The minimum absolute atomic E-state index is 0.0854. The zero-order valence-electron chi connectivity index (χ0n) is 11.9. The molecule has 1 aromatic carbocycles. The Labute approximate surface area is 116 Å². The SMILES string of the molecule is CCC(NC(=O)N1CCCC(C)C1)c1ccccc1. The average molecular weight is 260 g/mol. The molecule has 0 saturated carbocycles. The Balaban J connectivity index is 1.96. The number of amides is 2. The third-order valence-electron chi connectivity index (χ3n) is 3.85. The topological polar surface area (TPSA) is 32.3 Å². The fourth-order valence-electron chi connectivity index (χ4n) is 2.72. The summed E-state index contributed by atoms with van der Waals surface area (Å²) in [5, 5.41) is 3.16. The van der Waals surface area contributed by atoms with Gasteiger partial charge in [-0.25, -0.2) is 4.79 Å². The van der Waals surface area contributed by atoms with Crippen LogP contribution in [0.25, 0.3) is 0 Å². The summed E-state index contributed by atoms with van der Waals surface area (Å²) < 4.78 is 0. The minimum atomic E-state index is 0.0854. The fourth-order valence-corrected chi connectivity index (χ4v) is 2.72. The molecule has 104 valence electrons. The maximum absolute atomic E-state index is 12.3. The van der Waals surface area contributed by atoms with Gasteiger partial charge in [0.2, 0.25) is 0 Å². The molecule has 2 atom stereocenters. The van der Waals surface area contributed by atoms with Gasteiger partial charge in [-0.15, -0.1) is 0 Å². The summed E-state index contributed by atoms with van der Waals surface area (Å²) in [6, 6.07) is 10.4. The quantitative estimate of drug-likeness (QED) is 0.885. The Morgan fingerprint density at radius 3 is 2.79 bits per heavy atom. The van der Waals surface area contributed by atoms with E-state index in [1.54, 1.807) is 0 Å². The molecule has 3 heteroatoms. The summed E-state index contributed by atoms with van der Waals surface area (Å²) >= 11 is 0. The number of benzene rings is 1. The lowest BCUT2D eigenvalue weighted by molar-refractivity contribution is 0.166. The Bertz CT molecular complexity index is 404. The van der Waals surface area contributed by atoms with Gasteiger partial charge >= 0.3 is 6.03 Å². The first-order chi connectivity index (χ1) is 9.20. The third-order valence-corrected chi connectivity index (χ3v) is 3.85. The lowest BCUT2D eigenvalue weighted by atomic mass is 10.0. The molecule has 2 amide bonds. The predicted molar refractivity (Wildman–Crippen MR) is 78.0 cm³/mol. The molecule has 2 unspecified atom stereocenters. The van der Waals surface area contributed by atoms with Gasteiger partial charge in [-0.05, 0) is 30.7 Å². The van der Waals surface area contributed by atoms with Crippen molar-refractivity contribution in [3.63, 3.8) is 0 Å². The van der Waals surface area contributed by atoms with Crippen LogP contribution in [0.3, 0.4) is 0 Å². The molecule has 1 aromatic rings. The number of nitrogens with one attached hydrogen (secondary N) is 1. The summed E-state index contributed by atoms with van der Waals surface area (Å²) in [6.07, 6.45) is 3.27. The fraction of sp³-hybridized carbons (Fsp3) is 0.562. The standard InChI is InChI=1S/C16H24N2O/c1-3-15(14-9-5-4-6-10-14)17-16(19)18-11-7-8-13(2)12-18/h4-6,9-10,13,15H,3,7-8,11-12H2,1-2H3,(H,17,19). The van der Waals surface area contributed by atoms with Crippen LogP contribution in [0.4, 0.5) is 4.79 Å². The van der Waals surface area contributed by atoms with Crippen LogP contribution in [0.5, 0.6) is 0 Å². The van der Waals surface area contributed by atoms with Gasteiger partial charge in [0, 0.05) is 13.1 Å². The summed E-state index contributed by atoms with van der Waals surface area (Å²) in [4.78, 5) is 14.3. The summed E-state index contributed by atoms with van der Waals surface area (Å²) in [5.41, 5.74) is 1.18. The predicted octanol–water partition coefficient (Wildman–Crippen LogP) is 3.58. The molecule has 0 bridgehead atoms. The number of hydrogen-bond donors (Lipinski definition) is 1. The zero-order valence-corrected chi connectivity index (χ0v) is 11.9. The van der Waals surface area contributed by atoms with Gasteiger partial charge in [0.05, 0.1) is 6.04 Å². The number of carbonyl (C=O) groups excluding carboxylic acids is 1. The van der Waals surface area contributed by atoms with Gasteiger partial charge in [0.25, 0.3) is 0 Å². The van der Waals surface area contributed by atoms with Crippen molar-refractivity contribution in [1.82, 2.24) is 10.2 Å². The van der Waals surface area contributed by atoms with Gasteiger partial charge in [-0.2, -0.15) is 0 Å². The van der Waals surface area contributed by atoms with Crippen LogP contribution in [0.2, 0.25) is 0 Å². The van der Waals surface area contributed by atoms with E-state index in [1.807, 2.05) is 23.1 Å². The number of rotatable bonds is 3. The van der Waals surface area contributed by atoms with Crippen molar-refractivity contribution >= 4 is 6.03 Å². The Kier molecular flexibility index (Phi) is 4.83. The van der Waals surface area contributed by atoms with Gasteiger partial charge in [0.15, 0.2) is 0 Å². The summed E-state index contributed by atoms with van der Waals surface area (Å²) in [7, 11) is 0. The third kappa shape index (κ3) is 3.72. The molecule has 1 aliphatic heterocycles. The molecule has 19 heavy (non-hydrogen) atoms. The smallest absolute Gasteiger partial charge is 0.317 e. The van der Waals surface area contributed by atoms with Gasteiger partial charge in [-0.1, -0.05) is 44.2 Å². The highest BCUT2D eigenvalue weighted by Crippen LogP contribution is 2.19. The first kappa shape index (κ1) is 13.9. The van der Waals surface area contributed by atoms with Crippen molar-refractivity contribution in [1.29, 1.82) is 0 Å². The van der Waals surface area contributed by atoms with E-state index in [4.69, 9.17) is 0 Å². The number of likely N-dealkylation sites (tertiary alicyclic amines) is 1. The molecular formula is C16H24N2O. The Hall–Kier alpha value is -1.51. The lowest BCUT2D eigenvalue weighted by Crippen LogP contribution is -2.46. The number of piperidine rings is 1. The molecule has 0 aromatic heterocycles. The monoisotopic (exact) mass is 260 g/mol. The van der Waals surface area contributed by atoms with Crippen LogP contribution in [-0.2, 0) is 0 Å². The van der Waals surface area contributed by atoms with Crippen LogP contribution in [0.1, 0.15) is 44.7 Å². The Morgan fingerprint density at radius 2 is 2.16 bits per heavy atom. The average Bonchev–Trinajstić information content (AvgIpc) is 2.45. The van der Waals surface area contributed by atoms with Crippen molar-refractivity contribution in [3.8, 4) is 0 Å². The van der Waals surface area contributed by atoms with E-state index >= 15 is 0 Å². The van der Waals surface area contributed by atoms with Crippen LogP contribution in [0.15, 0.2) is 30.3 Å². The molecular weight excluding hydrogens is 236 g/mol. The van der Waals surface area contributed by atoms with Crippen molar-refractivity contribution in [2.75, 3.05) is 13.1 Å². The number of hydrogen-bond acceptors (Lipinski definition) is 1. The van der Waals surface area contributed by atoms with E-state index in [2.05, 4.69) is 31.3 Å². The minimum Gasteiger partial charge on any atom is -0.331 e. The molecule has 1 heterocycles. The van der Waals surface area contributed by atoms with Crippen molar-refractivity contribution in [2.24, 2.45) is 5.92 Å². The lowest BCUT2D eigenvalue weighted by Gasteiger charge is -2.32. The summed E-state index contributed by atoms with van der Waals surface area (Å²) in [6.45, 7) is 6.10. The van der Waals surface area contributed by atoms with Gasteiger partial charge in [-0.3, -0.25) is 0 Å². The number of urea groups is 1. The molecule has 1 saturated heterocycles. The maximum atomic E-state index is 12.3. The second kappa shape index (κ2) is 6.60. The molecule has 0 radical (unpaired) electrons. The highest BCUT2D eigenvalue weighted by molar-refractivity contribution is 5.74. The molecule has 1 N–H and O–H groups in total. The largest absolute Gasteiger partial charge is 0.331 e. The highest BCUT2D eigenvalue weighted by atomic mass is 16.2. The van der Waals surface area contributed by atoms with Gasteiger partial charge < -0.3 is 10.2 Å². The van der Waals surface area contributed by atoms with E-state index < -0.39 is 0 Å². The van der Waals surface area contributed by atoms with Crippen LogP contribution < -0.4 is 5.32 Å². The highest BCUT2D eigenvalue weighted by Gasteiger charge is 2.22. The normalized spacial score (nSPS) is 20.9. The van der Waals surface area contributed by atoms with E-state index in [0.29, 0.717) is 5.92 Å². The van der Waals surface area contributed by atoms with Crippen molar-refractivity contribution in [2.45, 2.75) is 39.2 Å². The van der Waals surface area contributed by atoms with Gasteiger partial charge in [0.1, 0.15) is 0 Å². The number of carbonyl (C=O) groups is 1. The first-order valence-corrected chi connectivity index (χ1v) is 7.31. The van der Waals surface area contributed by atoms with E-state index in [9.17, 15) is 4.79 Å². The Morgan fingerprint density at radius 1 is 1.42 bits per heavy atom. The summed E-state index contributed by atoms with van der Waals surface area (Å²) in [5.74, 6) is 0.622. The van der Waals surface area contributed by atoms with Crippen LogP contribution in [0, 0.1) is 5.92 Å². The molecule has 1 aliphatic rings. The first-order valence-electron chi connectivity index (χ1n) is 7.31. The maximum Gasteiger partial charge on any atom is 0.317 e. The number of nitrogens with zero attached hydrogens (tertiary/aromatic N) is 1. The molecule has 1 fully saturated rings.